The number of methoxy groups -OCH3 is 1. The second kappa shape index (κ2) is 9.49. The van der Waals surface area contributed by atoms with Gasteiger partial charge in [0.15, 0.2) is 5.17 Å². The number of amidine groups is 1. The number of rotatable bonds is 5. The molecule has 180 valence electrons. The molecule has 2 heterocycles. The van der Waals surface area contributed by atoms with Crippen LogP contribution in [0.15, 0.2) is 40.2 Å². The Bertz CT molecular complexity index is 1180. The molecule has 1 saturated heterocycles. The van der Waals surface area contributed by atoms with Gasteiger partial charge in [-0.05, 0) is 99.2 Å². The number of aryl methyl sites for hydroxylation is 2. The van der Waals surface area contributed by atoms with E-state index in [1.54, 1.807) is 7.11 Å². The van der Waals surface area contributed by atoms with Gasteiger partial charge < -0.3 is 15.0 Å². The highest BCUT2D eigenvalue weighted by Gasteiger charge is 2.36. The van der Waals surface area contributed by atoms with Crippen molar-refractivity contribution in [2.75, 3.05) is 18.6 Å². The molecule has 1 fully saturated rings. The first-order chi connectivity index (χ1) is 16.1. The van der Waals surface area contributed by atoms with Crippen LogP contribution in [0.5, 0.6) is 5.75 Å². The second-order valence-electron chi connectivity index (χ2n) is 9.97. The fourth-order valence-corrected chi connectivity index (χ4v) is 5.83. The average molecular weight is 478 g/mol. The van der Waals surface area contributed by atoms with E-state index in [0.29, 0.717) is 16.0 Å². The van der Waals surface area contributed by atoms with Gasteiger partial charge in [-0.15, -0.1) is 0 Å². The van der Waals surface area contributed by atoms with Crippen molar-refractivity contribution < 1.29 is 9.53 Å². The minimum atomic E-state index is -0.130. The van der Waals surface area contributed by atoms with Gasteiger partial charge in [0.05, 0.1) is 17.7 Å². The zero-order chi connectivity index (χ0) is 24.6. The lowest BCUT2D eigenvalue weighted by molar-refractivity contribution is -0.115. The molecule has 0 saturated carbocycles. The Balaban J connectivity index is 1.69. The van der Waals surface area contributed by atoms with Gasteiger partial charge in [0.2, 0.25) is 0 Å². The molecular weight excluding hydrogens is 442 g/mol. The summed E-state index contributed by atoms with van der Waals surface area (Å²) in [4.78, 5) is 20.5. The Morgan fingerprint density at radius 1 is 1.24 bits per heavy atom. The van der Waals surface area contributed by atoms with Crippen molar-refractivity contribution in [3.63, 3.8) is 0 Å². The van der Waals surface area contributed by atoms with Crippen molar-refractivity contribution in [2.24, 2.45) is 4.99 Å². The van der Waals surface area contributed by atoms with E-state index >= 15 is 0 Å². The molecule has 1 amide bonds. The first kappa shape index (κ1) is 24.4. The number of hydrogen-bond donors (Lipinski definition) is 1. The smallest absolute Gasteiger partial charge is 0.264 e. The fraction of sp³-hybridized carbons (Fsp3) is 0.429. The molecule has 0 spiro atoms. The van der Waals surface area contributed by atoms with Gasteiger partial charge in [-0.3, -0.25) is 4.79 Å². The number of anilines is 1. The lowest BCUT2D eigenvalue weighted by Crippen LogP contribution is -2.48. The van der Waals surface area contributed by atoms with Crippen LogP contribution in [0, 0.1) is 13.8 Å². The number of carbonyl (C=O) groups is 1. The molecule has 1 atom stereocenters. The third-order valence-electron chi connectivity index (χ3n) is 6.84. The summed E-state index contributed by atoms with van der Waals surface area (Å²) < 4.78 is 5.79. The largest absolute Gasteiger partial charge is 0.496 e. The van der Waals surface area contributed by atoms with Crippen LogP contribution in [0.4, 0.5) is 11.4 Å². The Labute approximate surface area is 207 Å². The predicted molar refractivity (Wildman–Crippen MR) is 144 cm³/mol. The van der Waals surface area contributed by atoms with Crippen LogP contribution in [-0.2, 0) is 4.79 Å². The molecule has 2 aliphatic rings. The molecule has 1 N–H and O–H groups in total. The number of fused-ring (bicyclic) bond motifs is 1. The quantitative estimate of drug-likeness (QED) is 0.487. The lowest BCUT2D eigenvalue weighted by Gasteiger charge is -2.47. The van der Waals surface area contributed by atoms with E-state index in [-0.39, 0.29) is 11.4 Å². The van der Waals surface area contributed by atoms with Gasteiger partial charge in [0.1, 0.15) is 5.75 Å². The van der Waals surface area contributed by atoms with Crippen molar-refractivity contribution in [3.05, 3.63) is 57.5 Å². The highest BCUT2D eigenvalue weighted by atomic mass is 32.2. The molecule has 0 bridgehead atoms. The number of nitrogens with zero attached hydrogens (tertiary/aromatic N) is 2. The summed E-state index contributed by atoms with van der Waals surface area (Å²) in [5.74, 6) is 1.08. The number of aliphatic imine (C=N–C) groups is 1. The minimum Gasteiger partial charge on any atom is -0.496 e. The van der Waals surface area contributed by atoms with Gasteiger partial charge in [-0.25, -0.2) is 4.99 Å². The number of carbonyl (C=O) groups excluding carboxylic acids is 1. The van der Waals surface area contributed by atoms with E-state index in [0.717, 1.165) is 36.4 Å². The Morgan fingerprint density at radius 2 is 2.00 bits per heavy atom. The van der Waals surface area contributed by atoms with E-state index in [1.165, 1.54) is 34.1 Å². The normalized spacial score (nSPS) is 21.7. The maximum atomic E-state index is 12.7. The van der Waals surface area contributed by atoms with Crippen LogP contribution in [0.25, 0.3) is 6.08 Å². The summed E-state index contributed by atoms with van der Waals surface area (Å²) in [5.41, 5.74) is 6.81. The van der Waals surface area contributed by atoms with E-state index in [4.69, 9.17) is 4.74 Å². The number of nitrogens with one attached hydrogen (secondary N) is 1. The number of thioether (sulfide) groups is 1. The molecule has 4 rings (SSSR count). The van der Waals surface area contributed by atoms with E-state index in [9.17, 15) is 4.79 Å². The first-order valence-electron chi connectivity index (χ1n) is 12.0. The van der Waals surface area contributed by atoms with Gasteiger partial charge in [0, 0.05) is 29.4 Å². The van der Waals surface area contributed by atoms with Crippen LogP contribution in [0.3, 0.4) is 0 Å². The van der Waals surface area contributed by atoms with E-state index < -0.39 is 0 Å². The van der Waals surface area contributed by atoms with E-state index in [1.807, 2.05) is 18.2 Å². The monoisotopic (exact) mass is 477 g/mol. The van der Waals surface area contributed by atoms with Gasteiger partial charge in [-0.2, -0.15) is 0 Å². The summed E-state index contributed by atoms with van der Waals surface area (Å²) in [5, 5.41) is 3.50. The van der Waals surface area contributed by atoms with Crippen molar-refractivity contribution in [1.82, 2.24) is 5.32 Å². The Hall–Kier alpha value is -2.73. The van der Waals surface area contributed by atoms with Crippen molar-refractivity contribution in [2.45, 2.75) is 65.8 Å². The summed E-state index contributed by atoms with van der Waals surface area (Å²) in [6, 6.07) is 10.4. The number of hydrogen-bond acceptors (Lipinski definition) is 5. The molecule has 2 aromatic carbocycles. The summed E-state index contributed by atoms with van der Waals surface area (Å²) in [7, 11) is 1.69. The molecule has 34 heavy (non-hydrogen) atoms. The molecule has 6 heteroatoms. The second-order valence-corrected chi connectivity index (χ2v) is 11.0. The minimum absolute atomic E-state index is 0.0916. The molecule has 2 aromatic rings. The number of ether oxygens (including phenoxy) is 1. The van der Waals surface area contributed by atoms with Gasteiger partial charge >= 0.3 is 0 Å². The molecule has 5 nitrogen and oxygen atoms in total. The van der Waals surface area contributed by atoms with E-state index in [2.05, 4.69) is 75.0 Å². The third-order valence-corrected chi connectivity index (χ3v) is 7.75. The summed E-state index contributed by atoms with van der Waals surface area (Å²) >= 11 is 1.37. The number of benzene rings is 2. The molecular formula is C28H35N3O2S. The number of amides is 1. The van der Waals surface area contributed by atoms with Crippen LogP contribution in [0.1, 0.15) is 68.7 Å². The molecule has 2 aliphatic heterocycles. The molecule has 0 radical (unpaired) electrons. The zero-order valence-corrected chi connectivity index (χ0v) is 22.1. The first-order valence-corrected chi connectivity index (χ1v) is 12.8. The van der Waals surface area contributed by atoms with Crippen LogP contribution in [-0.4, -0.2) is 30.3 Å². The Kier molecular flexibility index (Phi) is 6.81. The summed E-state index contributed by atoms with van der Waals surface area (Å²) in [6.07, 6.45) is 4.10. The predicted octanol–water partition coefficient (Wildman–Crippen LogP) is 6.71. The van der Waals surface area contributed by atoms with Crippen LogP contribution in [0.2, 0.25) is 0 Å². The SMILES string of the molecule is CCCN1c2cc(OC)c(/C=C3/SC(=Nc4ccc(C)c(C)c4)NC3=O)cc2C(C)CC1(C)C. The maximum Gasteiger partial charge on any atom is 0.264 e. The third kappa shape index (κ3) is 4.74. The standard InChI is InChI=1S/C28H35N3O2S/c1-8-11-31-23-15-24(33-7)20(13-22(23)19(4)16-28(31,5)6)14-25-26(32)30-27(34-25)29-21-10-9-17(2)18(3)12-21/h9-10,12-15,19H,8,11,16H2,1-7H3,(H,29,30,32)/b25-14+. The Morgan fingerprint density at radius 3 is 2.68 bits per heavy atom. The molecule has 0 aliphatic carbocycles. The van der Waals surface area contributed by atoms with Crippen molar-refractivity contribution in [1.29, 1.82) is 0 Å². The highest BCUT2D eigenvalue weighted by molar-refractivity contribution is 8.18. The topological polar surface area (TPSA) is 53.9 Å². The highest BCUT2D eigenvalue weighted by Crippen LogP contribution is 2.46. The zero-order valence-electron chi connectivity index (χ0n) is 21.3. The molecule has 0 aromatic heterocycles. The van der Waals surface area contributed by atoms with Crippen LogP contribution >= 0.6 is 11.8 Å². The van der Waals surface area contributed by atoms with Crippen molar-refractivity contribution in [3.8, 4) is 5.75 Å². The molecule has 1 unspecified atom stereocenters. The fourth-order valence-electron chi connectivity index (χ4n) is 5.00. The maximum absolute atomic E-state index is 12.7. The summed E-state index contributed by atoms with van der Waals surface area (Å²) in [6.45, 7) is 14.3. The average Bonchev–Trinajstić information content (AvgIpc) is 3.11. The van der Waals surface area contributed by atoms with Crippen molar-refractivity contribution >= 4 is 40.3 Å². The van der Waals surface area contributed by atoms with Crippen LogP contribution < -0.4 is 15.0 Å². The lowest BCUT2D eigenvalue weighted by atomic mass is 9.79. The van der Waals surface area contributed by atoms with Gasteiger partial charge in [-0.1, -0.05) is 19.9 Å². The van der Waals surface area contributed by atoms with Gasteiger partial charge in [0.25, 0.3) is 5.91 Å².